The van der Waals surface area contributed by atoms with Crippen molar-refractivity contribution in [2.75, 3.05) is 11.1 Å². The zero-order valence-corrected chi connectivity index (χ0v) is 11.2. The number of rotatable bonds is 2. The molecule has 106 valence electrons. The van der Waals surface area contributed by atoms with Gasteiger partial charge >= 0.3 is 0 Å². The number of carbonyl (C=O) groups is 1. The topological polar surface area (TPSA) is 81.2 Å². The maximum absolute atomic E-state index is 13.6. The summed E-state index contributed by atoms with van der Waals surface area (Å²) in [7, 11) is 0. The highest BCUT2D eigenvalue weighted by molar-refractivity contribution is 6.05. The van der Waals surface area contributed by atoms with Crippen molar-refractivity contribution in [3.05, 3.63) is 53.7 Å². The highest BCUT2D eigenvalue weighted by atomic mass is 19.1. The van der Waals surface area contributed by atoms with Crippen molar-refractivity contribution in [3.63, 3.8) is 0 Å². The lowest BCUT2D eigenvalue weighted by molar-refractivity contribution is 0.102. The molecular formula is C15H12FN3O2. The van der Waals surface area contributed by atoms with E-state index in [2.05, 4.69) is 10.3 Å². The normalized spacial score (nSPS) is 10.8. The molecule has 0 spiro atoms. The van der Waals surface area contributed by atoms with E-state index in [0.717, 1.165) is 6.07 Å². The molecule has 0 bridgehead atoms. The first kappa shape index (κ1) is 13.1. The van der Waals surface area contributed by atoms with Gasteiger partial charge in [-0.2, -0.15) is 0 Å². The van der Waals surface area contributed by atoms with E-state index in [1.54, 1.807) is 25.1 Å². The van der Waals surface area contributed by atoms with E-state index in [4.69, 9.17) is 10.2 Å². The molecule has 0 aliphatic carbocycles. The predicted octanol–water partition coefficient (Wildman–Crippen LogP) is 3.11. The highest BCUT2D eigenvalue weighted by Gasteiger charge is 2.13. The Hall–Kier alpha value is -2.89. The van der Waals surface area contributed by atoms with Gasteiger partial charge in [0.05, 0.1) is 5.56 Å². The molecule has 6 heteroatoms. The fourth-order valence-electron chi connectivity index (χ4n) is 2.04. The average Bonchev–Trinajstić information content (AvgIpc) is 2.80. The molecule has 3 rings (SSSR count). The van der Waals surface area contributed by atoms with Gasteiger partial charge in [-0.1, -0.05) is 0 Å². The molecule has 0 saturated carbocycles. The number of anilines is 2. The second kappa shape index (κ2) is 4.90. The van der Waals surface area contributed by atoms with E-state index in [0.29, 0.717) is 28.4 Å². The minimum Gasteiger partial charge on any atom is -0.441 e. The molecule has 0 radical (unpaired) electrons. The zero-order valence-electron chi connectivity index (χ0n) is 11.2. The van der Waals surface area contributed by atoms with Gasteiger partial charge in [-0.05, 0) is 36.4 Å². The summed E-state index contributed by atoms with van der Waals surface area (Å²) in [4.78, 5) is 16.3. The lowest BCUT2D eigenvalue weighted by Crippen LogP contribution is -2.14. The molecule has 21 heavy (non-hydrogen) atoms. The molecular weight excluding hydrogens is 273 g/mol. The number of hydrogen-bond donors (Lipinski definition) is 2. The molecule has 1 heterocycles. The van der Waals surface area contributed by atoms with Crippen molar-refractivity contribution in [2.24, 2.45) is 0 Å². The summed E-state index contributed by atoms with van der Waals surface area (Å²) in [6.45, 7) is 1.74. The van der Waals surface area contributed by atoms with Crippen LogP contribution in [-0.4, -0.2) is 10.9 Å². The van der Waals surface area contributed by atoms with Crippen molar-refractivity contribution in [2.45, 2.75) is 6.92 Å². The number of nitrogens with one attached hydrogen (secondary N) is 1. The maximum Gasteiger partial charge on any atom is 0.258 e. The number of nitrogens with two attached hydrogens (primary N) is 1. The monoisotopic (exact) mass is 285 g/mol. The maximum atomic E-state index is 13.6. The summed E-state index contributed by atoms with van der Waals surface area (Å²) < 4.78 is 19.0. The van der Waals surface area contributed by atoms with Crippen molar-refractivity contribution in [1.82, 2.24) is 4.98 Å². The second-order valence-electron chi connectivity index (χ2n) is 4.61. The molecule has 3 aromatic rings. The van der Waals surface area contributed by atoms with E-state index in [-0.39, 0.29) is 5.56 Å². The van der Waals surface area contributed by atoms with Crippen LogP contribution in [0, 0.1) is 12.7 Å². The van der Waals surface area contributed by atoms with Gasteiger partial charge in [0.1, 0.15) is 11.3 Å². The Morgan fingerprint density at radius 3 is 2.90 bits per heavy atom. The van der Waals surface area contributed by atoms with E-state index < -0.39 is 11.7 Å². The summed E-state index contributed by atoms with van der Waals surface area (Å²) in [5.41, 5.74) is 7.54. The van der Waals surface area contributed by atoms with Gasteiger partial charge in [0.15, 0.2) is 11.5 Å². The van der Waals surface area contributed by atoms with Crippen LogP contribution in [0.4, 0.5) is 15.8 Å². The first-order valence-electron chi connectivity index (χ1n) is 6.26. The Morgan fingerprint density at radius 2 is 2.10 bits per heavy atom. The molecule has 0 fully saturated rings. The third kappa shape index (κ3) is 2.55. The van der Waals surface area contributed by atoms with Crippen LogP contribution in [0.25, 0.3) is 11.1 Å². The molecule has 1 amide bonds. The van der Waals surface area contributed by atoms with Crippen LogP contribution in [0.3, 0.4) is 0 Å². The zero-order chi connectivity index (χ0) is 15.0. The first-order valence-corrected chi connectivity index (χ1v) is 6.26. The average molecular weight is 285 g/mol. The summed E-state index contributed by atoms with van der Waals surface area (Å²) in [5.74, 6) is -0.658. The molecule has 0 aliphatic rings. The number of nitrogens with zero attached hydrogens (tertiary/aromatic N) is 1. The van der Waals surface area contributed by atoms with Crippen LogP contribution in [0.15, 0.2) is 40.8 Å². The molecule has 0 atom stereocenters. The van der Waals surface area contributed by atoms with E-state index in [1.165, 1.54) is 12.1 Å². The van der Waals surface area contributed by atoms with Crippen LogP contribution < -0.4 is 11.1 Å². The number of aryl methyl sites for hydroxylation is 1. The third-order valence-corrected chi connectivity index (χ3v) is 2.99. The first-order chi connectivity index (χ1) is 10.0. The number of amides is 1. The van der Waals surface area contributed by atoms with Gasteiger partial charge < -0.3 is 15.5 Å². The van der Waals surface area contributed by atoms with Crippen molar-refractivity contribution >= 4 is 28.4 Å². The number of carbonyl (C=O) groups excluding carboxylic acids is 1. The van der Waals surface area contributed by atoms with Gasteiger partial charge in [0.25, 0.3) is 5.91 Å². The Balaban J connectivity index is 1.90. The SMILES string of the molecule is Cc1nc2cc(NC(=O)c3cc(N)ccc3F)ccc2o1. The van der Waals surface area contributed by atoms with Crippen LogP contribution in [-0.2, 0) is 0 Å². The third-order valence-electron chi connectivity index (χ3n) is 2.99. The molecule has 1 aromatic heterocycles. The minimum atomic E-state index is -0.625. The summed E-state index contributed by atoms with van der Waals surface area (Å²) in [5, 5.41) is 2.61. The Labute approximate surface area is 119 Å². The fraction of sp³-hybridized carbons (Fsp3) is 0.0667. The van der Waals surface area contributed by atoms with Crippen molar-refractivity contribution in [3.8, 4) is 0 Å². The lowest BCUT2D eigenvalue weighted by Gasteiger charge is -2.06. The molecule has 0 saturated heterocycles. The van der Waals surface area contributed by atoms with E-state index in [9.17, 15) is 9.18 Å². The van der Waals surface area contributed by atoms with Crippen LogP contribution >= 0.6 is 0 Å². The number of halogens is 1. The molecule has 3 N–H and O–H groups in total. The number of nitrogen functional groups attached to an aromatic ring is 1. The summed E-state index contributed by atoms with van der Waals surface area (Å²) in [6, 6.07) is 8.87. The number of fused-ring (bicyclic) bond motifs is 1. The van der Waals surface area contributed by atoms with Crippen molar-refractivity contribution in [1.29, 1.82) is 0 Å². The molecule has 2 aromatic carbocycles. The quantitative estimate of drug-likeness (QED) is 0.709. The van der Waals surface area contributed by atoms with E-state index in [1.807, 2.05) is 0 Å². The predicted molar refractivity (Wildman–Crippen MR) is 77.5 cm³/mol. The van der Waals surface area contributed by atoms with Gasteiger partial charge in [-0.25, -0.2) is 9.37 Å². The Bertz CT molecular complexity index is 842. The van der Waals surface area contributed by atoms with Crippen LogP contribution in [0.5, 0.6) is 0 Å². The minimum absolute atomic E-state index is 0.105. The smallest absolute Gasteiger partial charge is 0.258 e. The van der Waals surface area contributed by atoms with Crippen LogP contribution in [0.2, 0.25) is 0 Å². The highest BCUT2D eigenvalue weighted by Crippen LogP contribution is 2.21. The number of benzene rings is 2. The van der Waals surface area contributed by atoms with E-state index >= 15 is 0 Å². The Kier molecular flexibility index (Phi) is 3.06. The second-order valence-corrected chi connectivity index (χ2v) is 4.61. The molecule has 5 nitrogen and oxygen atoms in total. The molecule has 0 unspecified atom stereocenters. The number of oxazole rings is 1. The van der Waals surface area contributed by atoms with Crippen molar-refractivity contribution < 1.29 is 13.6 Å². The van der Waals surface area contributed by atoms with Gasteiger partial charge in [-0.15, -0.1) is 0 Å². The summed E-state index contributed by atoms with van der Waals surface area (Å²) >= 11 is 0. The van der Waals surface area contributed by atoms with Gasteiger partial charge in [0, 0.05) is 18.3 Å². The Morgan fingerprint density at radius 1 is 1.29 bits per heavy atom. The fourth-order valence-corrected chi connectivity index (χ4v) is 2.04. The number of hydrogen-bond acceptors (Lipinski definition) is 4. The lowest BCUT2D eigenvalue weighted by atomic mass is 10.1. The van der Waals surface area contributed by atoms with Gasteiger partial charge in [0.2, 0.25) is 0 Å². The summed E-state index contributed by atoms with van der Waals surface area (Å²) in [6.07, 6.45) is 0. The number of aromatic nitrogens is 1. The van der Waals surface area contributed by atoms with Gasteiger partial charge in [-0.3, -0.25) is 4.79 Å². The molecule has 0 aliphatic heterocycles. The largest absolute Gasteiger partial charge is 0.441 e. The van der Waals surface area contributed by atoms with Crippen LogP contribution in [0.1, 0.15) is 16.2 Å². The standard InChI is InChI=1S/C15H12FN3O2/c1-8-18-13-7-10(3-5-14(13)21-8)19-15(20)11-6-9(17)2-4-12(11)16/h2-7H,17H2,1H3,(H,19,20).